The first-order valence-electron chi connectivity index (χ1n) is 5.65. The van der Waals surface area contributed by atoms with Gasteiger partial charge in [-0.1, -0.05) is 0 Å². The van der Waals surface area contributed by atoms with E-state index in [4.69, 9.17) is 5.11 Å². The average molecular weight is 251 g/mol. The standard InChI is InChI=1S/C11H13N3O4/c1-7-3-2-4-13(7)9-6-12-10(14(17)18)5-8(9)11(15)16/h5-7H,2-4H2,1H3,(H,15,16). The van der Waals surface area contributed by atoms with Crippen LogP contribution in [-0.2, 0) is 0 Å². The molecule has 0 amide bonds. The molecule has 2 heterocycles. The average Bonchev–Trinajstić information content (AvgIpc) is 2.74. The predicted octanol–water partition coefficient (Wildman–Crippen LogP) is 1.68. The SMILES string of the molecule is CC1CCCN1c1cnc([N+](=O)[O-])cc1C(=O)O. The highest BCUT2D eigenvalue weighted by Crippen LogP contribution is 2.29. The third kappa shape index (κ3) is 2.11. The number of nitro groups is 1. The zero-order valence-corrected chi connectivity index (χ0v) is 9.87. The summed E-state index contributed by atoms with van der Waals surface area (Å²) < 4.78 is 0. The highest BCUT2D eigenvalue weighted by molar-refractivity contribution is 5.95. The molecule has 2 rings (SSSR count). The van der Waals surface area contributed by atoms with Crippen molar-refractivity contribution in [1.82, 2.24) is 4.98 Å². The summed E-state index contributed by atoms with van der Waals surface area (Å²) in [6.45, 7) is 2.75. The van der Waals surface area contributed by atoms with Crippen LogP contribution in [0.25, 0.3) is 0 Å². The van der Waals surface area contributed by atoms with Crippen LogP contribution in [0.1, 0.15) is 30.1 Å². The number of anilines is 1. The first-order valence-corrected chi connectivity index (χ1v) is 5.65. The molecule has 1 fully saturated rings. The van der Waals surface area contributed by atoms with Gasteiger partial charge in [-0.25, -0.2) is 4.79 Å². The van der Waals surface area contributed by atoms with E-state index >= 15 is 0 Å². The van der Waals surface area contributed by atoms with Gasteiger partial charge in [0.25, 0.3) is 0 Å². The normalized spacial score (nSPS) is 18.9. The fourth-order valence-corrected chi connectivity index (χ4v) is 2.23. The Bertz CT molecular complexity index is 503. The van der Waals surface area contributed by atoms with Crippen molar-refractivity contribution in [2.75, 3.05) is 11.4 Å². The van der Waals surface area contributed by atoms with Crippen molar-refractivity contribution in [3.8, 4) is 0 Å². The molecule has 1 aliphatic rings. The van der Waals surface area contributed by atoms with Crippen molar-refractivity contribution >= 4 is 17.5 Å². The second-order valence-electron chi connectivity index (χ2n) is 4.31. The Morgan fingerprint density at radius 3 is 2.89 bits per heavy atom. The monoisotopic (exact) mass is 251 g/mol. The van der Waals surface area contributed by atoms with Gasteiger partial charge in [-0.05, 0) is 29.7 Å². The fourth-order valence-electron chi connectivity index (χ4n) is 2.23. The summed E-state index contributed by atoms with van der Waals surface area (Å²) in [5, 5.41) is 19.8. The molecule has 0 aromatic carbocycles. The van der Waals surface area contributed by atoms with Crippen molar-refractivity contribution in [1.29, 1.82) is 0 Å². The van der Waals surface area contributed by atoms with E-state index in [1.165, 1.54) is 6.20 Å². The van der Waals surface area contributed by atoms with Gasteiger partial charge in [-0.2, -0.15) is 0 Å². The summed E-state index contributed by atoms with van der Waals surface area (Å²) >= 11 is 0. The largest absolute Gasteiger partial charge is 0.478 e. The molecule has 0 spiro atoms. The quantitative estimate of drug-likeness (QED) is 0.648. The Hall–Kier alpha value is -2.18. The number of carbonyl (C=O) groups is 1. The van der Waals surface area contributed by atoms with Gasteiger partial charge in [0.1, 0.15) is 0 Å². The van der Waals surface area contributed by atoms with E-state index in [0.717, 1.165) is 25.5 Å². The van der Waals surface area contributed by atoms with Gasteiger partial charge in [-0.3, -0.25) is 0 Å². The van der Waals surface area contributed by atoms with Gasteiger partial charge >= 0.3 is 11.8 Å². The number of carboxylic acids is 1. The number of hydrogen-bond donors (Lipinski definition) is 1. The molecular formula is C11H13N3O4. The van der Waals surface area contributed by atoms with Gasteiger partial charge in [0, 0.05) is 12.6 Å². The Labute approximate surface area is 103 Å². The first-order chi connectivity index (χ1) is 8.50. The highest BCUT2D eigenvalue weighted by atomic mass is 16.6. The number of hydrogen-bond acceptors (Lipinski definition) is 5. The van der Waals surface area contributed by atoms with E-state index in [1.54, 1.807) is 0 Å². The van der Waals surface area contributed by atoms with Crippen molar-refractivity contribution in [3.05, 3.63) is 27.9 Å². The molecular weight excluding hydrogens is 238 g/mol. The number of nitrogens with zero attached hydrogens (tertiary/aromatic N) is 3. The number of aromatic nitrogens is 1. The Kier molecular flexibility index (Phi) is 3.14. The second kappa shape index (κ2) is 4.59. The smallest absolute Gasteiger partial charge is 0.364 e. The number of carboxylic acid groups (broad SMARTS) is 1. The van der Waals surface area contributed by atoms with Gasteiger partial charge < -0.3 is 20.1 Å². The van der Waals surface area contributed by atoms with Crippen LogP contribution in [-0.4, -0.2) is 33.6 Å². The minimum absolute atomic E-state index is 0.0644. The zero-order valence-electron chi connectivity index (χ0n) is 9.87. The summed E-state index contributed by atoms with van der Waals surface area (Å²) in [4.78, 5) is 26.7. The molecule has 1 saturated heterocycles. The molecule has 0 aliphatic carbocycles. The second-order valence-corrected chi connectivity index (χ2v) is 4.31. The van der Waals surface area contributed by atoms with E-state index < -0.39 is 16.7 Å². The van der Waals surface area contributed by atoms with E-state index in [0.29, 0.717) is 5.69 Å². The van der Waals surface area contributed by atoms with Crippen molar-refractivity contribution in [2.45, 2.75) is 25.8 Å². The molecule has 0 bridgehead atoms. The van der Waals surface area contributed by atoms with Crippen LogP contribution < -0.4 is 4.90 Å². The van der Waals surface area contributed by atoms with Gasteiger partial charge in [0.05, 0.1) is 17.3 Å². The third-order valence-corrected chi connectivity index (χ3v) is 3.15. The van der Waals surface area contributed by atoms with Crippen molar-refractivity contribution in [2.24, 2.45) is 0 Å². The molecule has 7 nitrogen and oxygen atoms in total. The van der Waals surface area contributed by atoms with Crippen LogP contribution in [0.2, 0.25) is 0 Å². The maximum atomic E-state index is 11.2. The molecule has 96 valence electrons. The topological polar surface area (TPSA) is 96.6 Å². The molecule has 18 heavy (non-hydrogen) atoms. The summed E-state index contributed by atoms with van der Waals surface area (Å²) in [5.41, 5.74) is 0.392. The van der Waals surface area contributed by atoms with Crippen LogP contribution in [0.15, 0.2) is 12.3 Å². The van der Waals surface area contributed by atoms with E-state index in [2.05, 4.69) is 4.98 Å². The van der Waals surface area contributed by atoms with Gasteiger partial charge in [0.15, 0.2) is 6.20 Å². The maximum Gasteiger partial charge on any atom is 0.364 e. The van der Waals surface area contributed by atoms with Crippen LogP contribution in [0.3, 0.4) is 0 Å². The van der Waals surface area contributed by atoms with Crippen LogP contribution in [0.5, 0.6) is 0 Å². The Morgan fingerprint density at radius 2 is 2.39 bits per heavy atom. The molecule has 1 aliphatic heterocycles. The summed E-state index contributed by atoms with van der Waals surface area (Å²) in [5.74, 6) is -1.61. The van der Waals surface area contributed by atoms with Gasteiger partial charge in [0.2, 0.25) is 0 Å². The lowest BCUT2D eigenvalue weighted by Crippen LogP contribution is -2.28. The van der Waals surface area contributed by atoms with E-state index in [9.17, 15) is 14.9 Å². The summed E-state index contributed by atoms with van der Waals surface area (Å²) in [6.07, 6.45) is 3.25. The molecule has 7 heteroatoms. The number of pyridine rings is 1. The lowest BCUT2D eigenvalue weighted by molar-refractivity contribution is -0.389. The number of aromatic carboxylic acids is 1. The first kappa shape index (κ1) is 12.3. The van der Waals surface area contributed by atoms with E-state index in [1.807, 2.05) is 11.8 Å². The fraction of sp³-hybridized carbons (Fsp3) is 0.455. The van der Waals surface area contributed by atoms with Gasteiger partial charge in [-0.15, -0.1) is 0 Å². The minimum atomic E-state index is -1.17. The molecule has 1 unspecified atom stereocenters. The van der Waals surface area contributed by atoms with Crippen LogP contribution in [0.4, 0.5) is 11.5 Å². The van der Waals surface area contributed by atoms with E-state index in [-0.39, 0.29) is 11.6 Å². The Balaban J connectivity index is 2.46. The Morgan fingerprint density at radius 1 is 1.67 bits per heavy atom. The molecule has 1 aromatic heterocycles. The number of rotatable bonds is 3. The summed E-state index contributed by atoms with van der Waals surface area (Å²) in [6, 6.07) is 1.24. The van der Waals surface area contributed by atoms with Crippen LogP contribution >= 0.6 is 0 Å². The molecule has 1 aromatic rings. The molecule has 1 atom stereocenters. The minimum Gasteiger partial charge on any atom is -0.478 e. The predicted molar refractivity (Wildman–Crippen MR) is 63.9 cm³/mol. The van der Waals surface area contributed by atoms with Crippen molar-refractivity contribution < 1.29 is 14.8 Å². The van der Waals surface area contributed by atoms with Crippen molar-refractivity contribution in [3.63, 3.8) is 0 Å². The summed E-state index contributed by atoms with van der Waals surface area (Å²) in [7, 11) is 0. The maximum absolute atomic E-state index is 11.2. The lowest BCUT2D eigenvalue weighted by Gasteiger charge is -2.23. The molecule has 0 radical (unpaired) electrons. The molecule has 1 N–H and O–H groups in total. The lowest BCUT2D eigenvalue weighted by atomic mass is 10.2. The molecule has 0 saturated carbocycles. The third-order valence-electron chi connectivity index (χ3n) is 3.15. The zero-order chi connectivity index (χ0) is 13.3. The van der Waals surface area contributed by atoms with Crippen LogP contribution in [0, 0.1) is 10.1 Å². The highest BCUT2D eigenvalue weighted by Gasteiger charge is 2.27.